The van der Waals surface area contributed by atoms with Crippen LogP contribution in [0, 0.1) is 11.8 Å². The summed E-state index contributed by atoms with van der Waals surface area (Å²) in [6.45, 7) is 8.06. The quantitative estimate of drug-likeness (QED) is 0.627. The zero-order valence-electron chi connectivity index (χ0n) is 10.2. The van der Waals surface area contributed by atoms with E-state index in [1.807, 2.05) is 0 Å². The van der Waals surface area contributed by atoms with Crippen LogP contribution in [-0.2, 0) is 0 Å². The van der Waals surface area contributed by atoms with Gasteiger partial charge in [-0.15, -0.1) is 0 Å². The fourth-order valence-corrected chi connectivity index (χ4v) is 2.37. The summed E-state index contributed by atoms with van der Waals surface area (Å²) in [5.74, 6) is 1.95. The van der Waals surface area contributed by atoms with Gasteiger partial charge in [0.1, 0.15) is 0 Å². The van der Waals surface area contributed by atoms with Gasteiger partial charge in [-0.2, -0.15) is 0 Å². The molecule has 1 aliphatic rings. The Hall–Kier alpha value is -0.0400. The molecule has 1 fully saturated rings. The summed E-state index contributed by atoms with van der Waals surface area (Å²) in [4.78, 5) is 0. The van der Waals surface area contributed by atoms with Crippen LogP contribution in [0.4, 0.5) is 0 Å². The van der Waals surface area contributed by atoms with Gasteiger partial charge in [-0.05, 0) is 44.1 Å². The van der Waals surface area contributed by atoms with Crippen molar-refractivity contribution in [3.05, 3.63) is 0 Å². The molecule has 0 aromatic heterocycles. The lowest BCUT2D eigenvalue weighted by atomic mass is 9.95. The highest BCUT2D eigenvalue weighted by molar-refractivity contribution is 4.86. The number of nitrogens with one attached hydrogen (secondary N) is 1. The molecule has 1 nitrogen and oxygen atoms in total. The van der Waals surface area contributed by atoms with Gasteiger partial charge < -0.3 is 5.32 Å². The van der Waals surface area contributed by atoms with Gasteiger partial charge in [0.25, 0.3) is 0 Å². The Morgan fingerprint density at radius 3 is 2.36 bits per heavy atom. The molecule has 0 spiro atoms. The Balaban J connectivity index is 2.12. The molecule has 0 saturated heterocycles. The summed E-state index contributed by atoms with van der Waals surface area (Å²) in [5.41, 5.74) is 0. The van der Waals surface area contributed by atoms with Crippen LogP contribution in [0.2, 0.25) is 0 Å². The average Bonchev–Trinajstić information content (AvgIpc) is 2.96. The Labute approximate surface area is 89.7 Å². The maximum absolute atomic E-state index is 3.64. The van der Waals surface area contributed by atoms with Crippen molar-refractivity contribution in [2.24, 2.45) is 11.8 Å². The second-order valence-electron chi connectivity index (χ2n) is 4.97. The maximum Gasteiger partial charge on any atom is 0.00953 e. The summed E-state index contributed by atoms with van der Waals surface area (Å²) in [7, 11) is 0. The Morgan fingerprint density at radius 1 is 1.14 bits per heavy atom. The molecule has 2 unspecified atom stereocenters. The van der Waals surface area contributed by atoms with E-state index in [9.17, 15) is 0 Å². The summed E-state index contributed by atoms with van der Waals surface area (Å²) in [6, 6.07) is 0.833. The Morgan fingerprint density at radius 2 is 1.86 bits per heavy atom. The summed E-state index contributed by atoms with van der Waals surface area (Å²) in [6.07, 6.45) is 8.52. The van der Waals surface area contributed by atoms with Gasteiger partial charge in [-0.3, -0.25) is 0 Å². The summed E-state index contributed by atoms with van der Waals surface area (Å²) < 4.78 is 0. The third-order valence-electron chi connectivity index (χ3n) is 3.41. The molecule has 84 valence electrons. The Bertz CT molecular complexity index is 140. The first-order valence-electron chi connectivity index (χ1n) is 6.51. The SMILES string of the molecule is CCCC(C)CCC(NCC)C1CC1. The van der Waals surface area contributed by atoms with Crippen molar-refractivity contribution in [3.8, 4) is 0 Å². The van der Waals surface area contributed by atoms with Gasteiger partial charge in [0.2, 0.25) is 0 Å². The number of rotatable bonds is 8. The fourth-order valence-electron chi connectivity index (χ4n) is 2.37. The molecule has 1 N–H and O–H groups in total. The van der Waals surface area contributed by atoms with E-state index in [-0.39, 0.29) is 0 Å². The largest absolute Gasteiger partial charge is 0.314 e. The monoisotopic (exact) mass is 197 g/mol. The van der Waals surface area contributed by atoms with Gasteiger partial charge >= 0.3 is 0 Å². The number of hydrogen-bond acceptors (Lipinski definition) is 1. The highest BCUT2D eigenvalue weighted by Crippen LogP contribution is 2.35. The second-order valence-corrected chi connectivity index (χ2v) is 4.97. The molecule has 0 aromatic rings. The van der Waals surface area contributed by atoms with Crippen LogP contribution in [0.1, 0.15) is 59.3 Å². The van der Waals surface area contributed by atoms with Crippen molar-refractivity contribution in [2.45, 2.75) is 65.3 Å². The Kier molecular flexibility index (Phi) is 5.54. The average molecular weight is 197 g/mol. The van der Waals surface area contributed by atoms with Crippen LogP contribution in [-0.4, -0.2) is 12.6 Å². The first-order chi connectivity index (χ1) is 6.77. The van der Waals surface area contributed by atoms with E-state index < -0.39 is 0 Å². The third kappa shape index (κ3) is 4.45. The number of hydrogen-bond donors (Lipinski definition) is 1. The lowest BCUT2D eigenvalue weighted by molar-refractivity contribution is 0.380. The first-order valence-corrected chi connectivity index (χ1v) is 6.51. The summed E-state index contributed by atoms with van der Waals surface area (Å²) >= 11 is 0. The van der Waals surface area contributed by atoms with Crippen LogP contribution < -0.4 is 5.32 Å². The minimum absolute atomic E-state index is 0.833. The maximum atomic E-state index is 3.64. The lowest BCUT2D eigenvalue weighted by Gasteiger charge is -2.19. The molecule has 0 amide bonds. The van der Waals surface area contributed by atoms with Crippen molar-refractivity contribution in [3.63, 3.8) is 0 Å². The zero-order chi connectivity index (χ0) is 10.4. The van der Waals surface area contributed by atoms with E-state index in [1.54, 1.807) is 0 Å². The molecule has 1 aliphatic carbocycles. The molecule has 0 heterocycles. The van der Waals surface area contributed by atoms with Gasteiger partial charge in [0, 0.05) is 6.04 Å². The highest BCUT2D eigenvalue weighted by atomic mass is 14.9. The van der Waals surface area contributed by atoms with E-state index in [0.29, 0.717) is 0 Å². The minimum atomic E-state index is 0.833. The van der Waals surface area contributed by atoms with Crippen LogP contribution in [0.15, 0.2) is 0 Å². The molecule has 0 radical (unpaired) electrons. The van der Waals surface area contributed by atoms with Crippen molar-refractivity contribution < 1.29 is 0 Å². The van der Waals surface area contributed by atoms with Gasteiger partial charge in [-0.25, -0.2) is 0 Å². The zero-order valence-corrected chi connectivity index (χ0v) is 10.2. The van der Waals surface area contributed by atoms with Gasteiger partial charge in [-0.1, -0.05) is 33.6 Å². The smallest absolute Gasteiger partial charge is 0.00953 e. The molecule has 0 aliphatic heterocycles. The standard InChI is InChI=1S/C13H27N/c1-4-6-11(3)7-10-13(14-5-2)12-8-9-12/h11-14H,4-10H2,1-3H3. The highest BCUT2D eigenvalue weighted by Gasteiger charge is 2.30. The first kappa shape index (κ1) is 12.0. The van der Waals surface area contributed by atoms with Crippen LogP contribution in [0.5, 0.6) is 0 Å². The van der Waals surface area contributed by atoms with Crippen LogP contribution in [0.3, 0.4) is 0 Å². The van der Waals surface area contributed by atoms with Crippen molar-refractivity contribution in [2.75, 3.05) is 6.54 Å². The molecule has 1 heteroatoms. The third-order valence-corrected chi connectivity index (χ3v) is 3.41. The van der Waals surface area contributed by atoms with Gasteiger partial charge in [0.05, 0.1) is 0 Å². The lowest BCUT2D eigenvalue weighted by Crippen LogP contribution is -2.31. The molecule has 0 aromatic carbocycles. The van der Waals surface area contributed by atoms with E-state index in [2.05, 4.69) is 26.1 Å². The molecule has 0 bridgehead atoms. The van der Waals surface area contributed by atoms with E-state index >= 15 is 0 Å². The normalized spacial score (nSPS) is 20.8. The minimum Gasteiger partial charge on any atom is -0.314 e. The molecular formula is C13H27N. The predicted octanol–water partition coefficient (Wildman–Crippen LogP) is 3.59. The predicted molar refractivity (Wildman–Crippen MR) is 63.5 cm³/mol. The summed E-state index contributed by atoms with van der Waals surface area (Å²) in [5, 5.41) is 3.64. The van der Waals surface area contributed by atoms with E-state index in [1.165, 1.54) is 38.5 Å². The molecule has 2 atom stereocenters. The topological polar surface area (TPSA) is 12.0 Å². The molecule has 14 heavy (non-hydrogen) atoms. The van der Waals surface area contributed by atoms with E-state index in [0.717, 1.165) is 24.4 Å². The second kappa shape index (κ2) is 6.44. The van der Waals surface area contributed by atoms with Crippen LogP contribution >= 0.6 is 0 Å². The molecule has 1 rings (SSSR count). The molecule has 1 saturated carbocycles. The van der Waals surface area contributed by atoms with E-state index in [4.69, 9.17) is 0 Å². The van der Waals surface area contributed by atoms with Crippen molar-refractivity contribution >= 4 is 0 Å². The van der Waals surface area contributed by atoms with Crippen molar-refractivity contribution in [1.82, 2.24) is 5.32 Å². The van der Waals surface area contributed by atoms with Crippen LogP contribution in [0.25, 0.3) is 0 Å². The van der Waals surface area contributed by atoms with Crippen molar-refractivity contribution in [1.29, 1.82) is 0 Å². The molecular weight excluding hydrogens is 170 g/mol. The fraction of sp³-hybridized carbons (Fsp3) is 1.00. The van der Waals surface area contributed by atoms with Gasteiger partial charge in [0.15, 0.2) is 0 Å².